The summed E-state index contributed by atoms with van der Waals surface area (Å²) >= 11 is 12.7. The van der Waals surface area contributed by atoms with Crippen LogP contribution in [0.5, 0.6) is 0 Å². The normalized spacial score (nSPS) is 16.4. The Morgan fingerprint density at radius 2 is 2.00 bits per heavy atom. The largest absolute Gasteiger partial charge is 0.435 e. The Bertz CT molecular complexity index is 923. The van der Waals surface area contributed by atoms with Crippen LogP contribution in [0.25, 0.3) is 6.08 Å². The van der Waals surface area contributed by atoms with Gasteiger partial charge in [0.25, 0.3) is 5.91 Å². The van der Waals surface area contributed by atoms with E-state index in [0.717, 1.165) is 28.2 Å². The number of nitrogens with zero attached hydrogens (tertiary/aromatic N) is 2. The van der Waals surface area contributed by atoms with E-state index in [-0.39, 0.29) is 19.8 Å². The molecule has 1 amide bonds. The Balaban J connectivity index is 2.10. The Kier molecular flexibility index (Phi) is 5.38. The third-order valence-corrected chi connectivity index (χ3v) is 5.84. The number of carbonyl (C=O) groups is 1. The summed E-state index contributed by atoms with van der Waals surface area (Å²) in [7, 11) is 1.42. The van der Waals surface area contributed by atoms with Crippen molar-refractivity contribution in [3.8, 4) is 0 Å². The highest BCUT2D eigenvalue weighted by Crippen LogP contribution is 2.41. The molecule has 2 heterocycles. The van der Waals surface area contributed by atoms with Crippen molar-refractivity contribution in [3.63, 3.8) is 0 Å². The number of benzene rings is 1. The van der Waals surface area contributed by atoms with E-state index in [4.69, 9.17) is 23.8 Å². The molecule has 1 aromatic carbocycles. The minimum Gasteiger partial charge on any atom is -0.307 e. The van der Waals surface area contributed by atoms with Gasteiger partial charge in [-0.2, -0.15) is 18.3 Å². The topological polar surface area (TPSA) is 46.9 Å². The van der Waals surface area contributed by atoms with E-state index in [0.29, 0.717) is 9.92 Å². The van der Waals surface area contributed by atoms with Gasteiger partial charge in [-0.25, -0.2) is 0 Å². The zero-order chi connectivity index (χ0) is 19.1. The van der Waals surface area contributed by atoms with Crippen LogP contribution >= 0.6 is 47.3 Å². The summed E-state index contributed by atoms with van der Waals surface area (Å²) < 4.78 is 41.6. The van der Waals surface area contributed by atoms with Crippen molar-refractivity contribution in [2.45, 2.75) is 16.1 Å². The molecule has 3 rings (SSSR count). The van der Waals surface area contributed by atoms with Gasteiger partial charge in [0.05, 0.1) is 4.91 Å². The summed E-state index contributed by atoms with van der Waals surface area (Å²) in [6.07, 6.45) is -3.49. The van der Waals surface area contributed by atoms with Gasteiger partial charge in [0.1, 0.15) is 9.35 Å². The van der Waals surface area contributed by atoms with Gasteiger partial charge in [-0.1, -0.05) is 47.3 Å². The zero-order valence-corrected chi connectivity index (χ0v) is 16.1. The van der Waals surface area contributed by atoms with E-state index in [1.165, 1.54) is 13.1 Å². The first-order valence-corrected chi connectivity index (χ1v) is 9.39. The van der Waals surface area contributed by atoms with Crippen LogP contribution in [0.1, 0.15) is 11.3 Å². The number of thiocarbonyl (C=S) groups is 1. The van der Waals surface area contributed by atoms with Crippen LogP contribution < -0.4 is 5.32 Å². The molecule has 1 saturated heterocycles. The van der Waals surface area contributed by atoms with E-state index >= 15 is 0 Å². The number of hydrogen-bond donors (Lipinski definition) is 1. The third-order valence-electron chi connectivity index (χ3n) is 3.24. The number of aromatic nitrogens is 2. The van der Waals surface area contributed by atoms with Crippen LogP contribution in [0.4, 0.5) is 13.2 Å². The molecular weight excluding hydrogens is 427 g/mol. The maximum atomic E-state index is 13.4. The van der Waals surface area contributed by atoms with Crippen LogP contribution in [-0.2, 0) is 18.0 Å². The first kappa shape index (κ1) is 19.3. The number of rotatable bonds is 3. The van der Waals surface area contributed by atoms with Gasteiger partial charge in [0, 0.05) is 22.5 Å². The molecule has 1 aliphatic rings. The molecule has 11 heteroatoms. The molecule has 0 aliphatic carbocycles. The Hall–Kier alpha value is -1.49. The lowest BCUT2D eigenvalue weighted by Crippen LogP contribution is -2.17. The van der Waals surface area contributed by atoms with Crippen LogP contribution in [0.2, 0.25) is 5.02 Å². The van der Waals surface area contributed by atoms with Gasteiger partial charge in [-0.15, -0.1) is 0 Å². The molecule has 0 atom stereocenters. The summed E-state index contributed by atoms with van der Waals surface area (Å²) in [6.45, 7) is 0. The minimum absolute atomic E-state index is 0.0893. The molecular formula is C15H9ClF3N3OS3. The molecule has 1 aliphatic heterocycles. The summed E-state index contributed by atoms with van der Waals surface area (Å²) in [5.74, 6) is -0.528. The van der Waals surface area contributed by atoms with E-state index in [9.17, 15) is 18.0 Å². The Labute approximate surface area is 165 Å². The van der Waals surface area contributed by atoms with Gasteiger partial charge in [-0.05, 0) is 30.3 Å². The molecule has 1 aromatic heterocycles. The first-order chi connectivity index (χ1) is 12.1. The van der Waals surface area contributed by atoms with Gasteiger partial charge in [-0.3, -0.25) is 9.48 Å². The lowest BCUT2D eigenvalue weighted by atomic mass is 10.2. The molecule has 0 radical (unpaired) electrons. The Morgan fingerprint density at radius 3 is 2.54 bits per heavy atom. The fourth-order valence-corrected chi connectivity index (χ4v) is 4.24. The summed E-state index contributed by atoms with van der Waals surface area (Å²) in [4.78, 5) is 12.6. The predicted molar refractivity (Wildman–Crippen MR) is 100 cm³/mol. The Morgan fingerprint density at radius 1 is 1.35 bits per heavy atom. The van der Waals surface area contributed by atoms with Crippen LogP contribution in [0.3, 0.4) is 0 Å². The monoisotopic (exact) mass is 435 g/mol. The molecule has 1 N–H and O–H groups in total. The average molecular weight is 436 g/mol. The number of aryl methyl sites for hydroxylation is 1. The van der Waals surface area contributed by atoms with Crippen molar-refractivity contribution in [3.05, 3.63) is 45.5 Å². The lowest BCUT2D eigenvalue weighted by Gasteiger charge is -2.06. The fraction of sp³-hybridized carbons (Fsp3) is 0.133. The molecule has 136 valence electrons. The highest BCUT2D eigenvalue weighted by Gasteiger charge is 2.39. The molecule has 0 bridgehead atoms. The second kappa shape index (κ2) is 7.26. The molecule has 4 nitrogen and oxygen atoms in total. The molecule has 0 spiro atoms. The molecule has 1 fully saturated rings. The number of thioether (sulfide) groups is 1. The average Bonchev–Trinajstić information content (AvgIpc) is 3.02. The van der Waals surface area contributed by atoms with E-state index in [1.807, 2.05) is 0 Å². The number of alkyl halides is 3. The number of amides is 1. The second-order valence-corrected chi connectivity index (χ2v) is 8.31. The fourth-order valence-electron chi connectivity index (χ4n) is 2.15. The van der Waals surface area contributed by atoms with Crippen molar-refractivity contribution < 1.29 is 18.0 Å². The van der Waals surface area contributed by atoms with Gasteiger partial charge in [0.15, 0.2) is 5.69 Å². The zero-order valence-electron chi connectivity index (χ0n) is 12.9. The molecule has 2 aromatic rings. The number of nitrogens with one attached hydrogen (secondary N) is 1. The maximum absolute atomic E-state index is 13.4. The lowest BCUT2D eigenvalue weighted by molar-refractivity contribution is -0.141. The predicted octanol–water partition coefficient (Wildman–Crippen LogP) is 4.73. The highest BCUT2D eigenvalue weighted by molar-refractivity contribution is 8.26. The first-order valence-electron chi connectivity index (χ1n) is 6.97. The molecule has 26 heavy (non-hydrogen) atoms. The molecule has 0 unspecified atom stereocenters. The summed E-state index contributed by atoms with van der Waals surface area (Å²) in [5, 5.41) is 6.76. The van der Waals surface area contributed by atoms with Gasteiger partial charge in [0.2, 0.25) is 0 Å². The van der Waals surface area contributed by atoms with Crippen molar-refractivity contribution in [1.29, 1.82) is 0 Å². The SMILES string of the molecule is Cn1nc(C(F)(F)F)c(/C=C2\SC(=S)NC2=O)c1Sc1ccc(Cl)cc1. The van der Waals surface area contributed by atoms with Crippen molar-refractivity contribution >= 4 is 63.6 Å². The highest BCUT2D eigenvalue weighted by atomic mass is 35.5. The summed E-state index contributed by atoms with van der Waals surface area (Å²) in [6, 6.07) is 6.66. The van der Waals surface area contributed by atoms with Crippen LogP contribution in [0.15, 0.2) is 39.1 Å². The number of carbonyl (C=O) groups excluding carboxylic acids is 1. The van der Waals surface area contributed by atoms with Crippen LogP contribution in [0, 0.1) is 0 Å². The molecule has 0 saturated carbocycles. The van der Waals surface area contributed by atoms with Gasteiger partial charge >= 0.3 is 6.18 Å². The van der Waals surface area contributed by atoms with Crippen LogP contribution in [-0.4, -0.2) is 20.0 Å². The van der Waals surface area contributed by atoms with E-state index in [2.05, 4.69) is 10.4 Å². The quantitative estimate of drug-likeness (QED) is 0.557. The number of hydrogen-bond acceptors (Lipinski definition) is 5. The third kappa shape index (κ3) is 4.08. The maximum Gasteiger partial charge on any atom is 0.435 e. The van der Waals surface area contributed by atoms with Gasteiger partial charge < -0.3 is 5.32 Å². The summed E-state index contributed by atoms with van der Waals surface area (Å²) in [5.41, 5.74) is -1.24. The standard InChI is InChI=1S/C15H9ClF3N3OS3/c1-22-13(25-8-4-2-7(16)3-5-8)9(11(21-22)15(17,18)19)6-10-12(23)20-14(24)26-10/h2-6H,1H3,(H,20,23,24)/b10-6-. The van der Waals surface area contributed by atoms with Crippen molar-refractivity contribution in [2.75, 3.05) is 0 Å². The second-order valence-electron chi connectivity index (χ2n) is 5.10. The number of halogens is 4. The van der Waals surface area contributed by atoms with E-state index < -0.39 is 17.8 Å². The smallest absolute Gasteiger partial charge is 0.307 e. The minimum atomic E-state index is -4.66. The van der Waals surface area contributed by atoms with E-state index in [1.54, 1.807) is 24.3 Å². The van der Waals surface area contributed by atoms with Crippen molar-refractivity contribution in [1.82, 2.24) is 15.1 Å². The van der Waals surface area contributed by atoms with Crippen molar-refractivity contribution in [2.24, 2.45) is 7.05 Å².